The summed E-state index contributed by atoms with van der Waals surface area (Å²) < 4.78 is 0. The van der Waals surface area contributed by atoms with Crippen molar-refractivity contribution in [2.75, 3.05) is 26.8 Å². The number of halogens is 1. The fourth-order valence-electron chi connectivity index (χ4n) is 3.31. The Hall–Kier alpha value is 0.360. The summed E-state index contributed by atoms with van der Waals surface area (Å²) in [6.45, 7) is 8.71. The first kappa shape index (κ1) is 27.6. The van der Waals surface area contributed by atoms with Crippen LogP contribution in [-0.2, 0) is 9.68 Å². The summed E-state index contributed by atoms with van der Waals surface area (Å²) in [6, 6.07) is 0. The summed E-state index contributed by atoms with van der Waals surface area (Å²) in [4.78, 5) is 11.7. The minimum atomic E-state index is 0. The molecule has 0 amide bonds. The summed E-state index contributed by atoms with van der Waals surface area (Å²) in [5.74, 6) is 0. The van der Waals surface area contributed by atoms with Gasteiger partial charge in [0.25, 0.3) is 0 Å². The van der Waals surface area contributed by atoms with Crippen molar-refractivity contribution in [3.05, 3.63) is 0 Å². The van der Waals surface area contributed by atoms with Gasteiger partial charge in [0, 0.05) is 6.42 Å². The Balaban J connectivity index is 0. The van der Waals surface area contributed by atoms with Crippen molar-refractivity contribution in [3.8, 4) is 0 Å². The normalized spacial score (nSPS) is 11.5. The van der Waals surface area contributed by atoms with Gasteiger partial charge in [0.15, 0.2) is 0 Å². The molecule has 0 fully saturated rings. The van der Waals surface area contributed by atoms with Gasteiger partial charge in [-0.1, -0.05) is 84.0 Å². The number of unbranched alkanes of at least 4 members (excludes halogenated alkanes) is 13. The minimum absolute atomic E-state index is 0. The maximum absolute atomic E-state index is 5.70. The fourth-order valence-corrected chi connectivity index (χ4v) is 3.31. The van der Waals surface area contributed by atoms with Crippen molar-refractivity contribution in [1.29, 1.82) is 0 Å². The third-order valence-corrected chi connectivity index (χ3v) is 4.72. The van der Waals surface area contributed by atoms with Gasteiger partial charge in [0.05, 0.1) is 0 Å². The van der Waals surface area contributed by atoms with Gasteiger partial charge < -0.3 is 17.0 Å². The quantitative estimate of drug-likeness (QED) is 0.178. The Morgan fingerprint density at radius 2 is 0.840 bits per heavy atom. The second kappa shape index (κ2) is 20.7. The summed E-state index contributed by atoms with van der Waals surface area (Å²) in [6.07, 6.45) is 19.6. The first-order valence-corrected chi connectivity index (χ1v) is 10.8. The molecule has 0 saturated carbocycles. The molecule has 4 heteroatoms. The second-order valence-electron chi connectivity index (χ2n) is 7.17. The maximum atomic E-state index is 5.70. The molecule has 0 aromatic carbocycles. The van der Waals surface area contributed by atoms with Crippen LogP contribution in [0.1, 0.15) is 111 Å². The monoisotopic (exact) mass is 423 g/mol. The standard InChI is InChI=1S/C21H46NO2.BrH/c1-5-8-9-10-11-12-13-14-15-16-17-18-19-20-21-22(4,23-6-2)24-7-3;/h5-21H2,1-4H3;1H/q+1;/p-1. The zero-order valence-electron chi connectivity index (χ0n) is 17.7. The molecule has 3 nitrogen and oxygen atoms in total. The van der Waals surface area contributed by atoms with E-state index < -0.39 is 0 Å². The highest BCUT2D eigenvalue weighted by Gasteiger charge is 2.23. The van der Waals surface area contributed by atoms with Crippen LogP contribution in [0.15, 0.2) is 0 Å². The van der Waals surface area contributed by atoms with Crippen LogP contribution in [-0.4, -0.2) is 31.6 Å². The van der Waals surface area contributed by atoms with E-state index in [1.807, 2.05) is 20.9 Å². The van der Waals surface area contributed by atoms with E-state index in [0.29, 0.717) is 18.0 Å². The lowest BCUT2D eigenvalue weighted by Crippen LogP contribution is -3.00. The van der Waals surface area contributed by atoms with Crippen molar-refractivity contribution in [1.82, 2.24) is 0 Å². The number of hydrogen-bond acceptors (Lipinski definition) is 2. The Morgan fingerprint density at radius 3 is 1.16 bits per heavy atom. The molecule has 25 heavy (non-hydrogen) atoms. The molecule has 0 heterocycles. The molecular weight excluding hydrogens is 378 g/mol. The van der Waals surface area contributed by atoms with E-state index in [0.717, 1.165) is 6.54 Å². The van der Waals surface area contributed by atoms with Crippen molar-refractivity contribution in [3.63, 3.8) is 0 Å². The van der Waals surface area contributed by atoms with Gasteiger partial charge in [0.2, 0.25) is 0 Å². The summed E-state index contributed by atoms with van der Waals surface area (Å²) in [7, 11) is 2.02. The molecule has 0 aromatic rings. The Bertz CT molecular complexity index is 246. The summed E-state index contributed by atoms with van der Waals surface area (Å²) in [5.41, 5.74) is 0. The molecule has 0 bridgehead atoms. The van der Waals surface area contributed by atoms with E-state index in [9.17, 15) is 0 Å². The summed E-state index contributed by atoms with van der Waals surface area (Å²) in [5, 5.41) is 0. The average molecular weight is 425 g/mol. The number of quaternary nitrogens is 1. The van der Waals surface area contributed by atoms with Crippen LogP contribution in [0.4, 0.5) is 0 Å². The lowest BCUT2D eigenvalue weighted by Gasteiger charge is -2.27. The average Bonchev–Trinajstić information content (AvgIpc) is 2.55. The molecule has 0 aliphatic rings. The van der Waals surface area contributed by atoms with Gasteiger partial charge in [-0.25, -0.2) is 0 Å². The Kier molecular flexibility index (Phi) is 22.8. The zero-order chi connectivity index (χ0) is 17.9. The lowest BCUT2D eigenvalue weighted by atomic mass is 10.0. The van der Waals surface area contributed by atoms with Crippen LogP contribution in [0.5, 0.6) is 0 Å². The molecule has 0 unspecified atom stereocenters. The highest BCUT2D eigenvalue weighted by atomic mass is 79.9. The van der Waals surface area contributed by atoms with Crippen molar-refractivity contribution in [2.24, 2.45) is 0 Å². The largest absolute Gasteiger partial charge is 1.00 e. The van der Waals surface area contributed by atoms with Crippen LogP contribution >= 0.6 is 0 Å². The molecule has 0 atom stereocenters. The number of hydroxylamine groups is 4. The summed E-state index contributed by atoms with van der Waals surface area (Å²) >= 11 is 0. The predicted molar refractivity (Wildman–Crippen MR) is 105 cm³/mol. The highest BCUT2D eigenvalue weighted by Crippen LogP contribution is 2.14. The van der Waals surface area contributed by atoms with Crippen LogP contribution < -0.4 is 17.0 Å². The first-order valence-electron chi connectivity index (χ1n) is 10.8. The molecule has 0 rings (SSSR count). The number of hydrogen-bond donors (Lipinski definition) is 0. The number of rotatable bonds is 19. The predicted octanol–water partition coefficient (Wildman–Crippen LogP) is 3.82. The van der Waals surface area contributed by atoms with Gasteiger partial charge >= 0.3 is 0 Å². The smallest absolute Gasteiger partial charge is 0.142 e. The van der Waals surface area contributed by atoms with Gasteiger partial charge in [-0.05, 0) is 25.1 Å². The highest BCUT2D eigenvalue weighted by molar-refractivity contribution is 4.49. The van der Waals surface area contributed by atoms with Crippen molar-refractivity contribution in [2.45, 2.75) is 111 Å². The number of nitrogens with zero attached hydrogens (tertiary/aromatic N) is 1. The van der Waals surface area contributed by atoms with Gasteiger partial charge in [-0.3, -0.25) is 0 Å². The van der Waals surface area contributed by atoms with E-state index in [1.165, 1.54) is 89.9 Å². The molecule has 0 aromatic heterocycles. The van der Waals surface area contributed by atoms with Crippen molar-refractivity contribution < 1.29 is 31.5 Å². The fraction of sp³-hybridized carbons (Fsp3) is 1.00. The lowest BCUT2D eigenvalue weighted by molar-refractivity contribution is -1.23. The minimum Gasteiger partial charge on any atom is -1.00 e. The third kappa shape index (κ3) is 18.9. The maximum Gasteiger partial charge on any atom is 0.142 e. The van der Waals surface area contributed by atoms with E-state index in [2.05, 4.69) is 6.92 Å². The first-order chi connectivity index (χ1) is 11.7. The molecule has 0 saturated heterocycles. The Labute approximate surface area is 169 Å². The molecule has 154 valence electrons. The molecule has 0 spiro atoms. The molecule has 0 aliphatic carbocycles. The van der Waals surface area contributed by atoms with Crippen LogP contribution in [0.3, 0.4) is 0 Å². The molecule has 0 N–H and O–H groups in total. The van der Waals surface area contributed by atoms with E-state index in [4.69, 9.17) is 9.68 Å². The van der Waals surface area contributed by atoms with E-state index >= 15 is 0 Å². The van der Waals surface area contributed by atoms with Crippen molar-refractivity contribution >= 4 is 0 Å². The van der Waals surface area contributed by atoms with Gasteiger partial charge in [-0.15, -0.1) is 0 Å². The SMILES string of the molecule is CCCCCCCCCCCCCCCC[N+](C)(OCC)OCC.[Br-]. The second-order valence-corrected chi connectivity index (χ2v) is 7.17. The van der Waals surface area contributed by atoms with E-state index in [-0.39, 0.29) is 17.0 Å². The third-order valence-electron chi connectivity index (χ3n) is 4.72. The molecule has 0 aliphatic heterocycles. The van der Waals surface area contributed by atoms with Crippen LogP contribution in [0.25, 0.3) is 0 Å². The topological polar surface area (TPSA) is 18.5 Å². The Morgan fingerprint density at radius 1 is 0.520 bits per heavy atom. The van der Waals surface area contributed by atoms with Gasteiger partial charge in [-0.2, -0.15) is 9.68 Å². The van der Waals surface area contributed by atoms with Crippen LogP contribution in [0.2, 0.25) is 0 Å². The van der Waals surface area contributed by atoms with E-state index in [1.54, 1.807) is 0 Å². The molecular formula is C21H46BrNO2. The molecule has 0 radical (unpaired) electrons. The van der Waals surface area contributed by atoms with Gasteiger partial charge in [0.1, 0.15) is 26.8 Å². The van der Waals surface area contributed by atoms with Crippen LogP contribution in [0, 0.1) is 0 Å². The zero-order valence-corrected chi connectivity index (χ0v) is 19.2.